The van der Waals surface area contributed by atoms with Crippen LogP contribution in [0.15, 0.2) is 67.1 Å². The molecule has 2 heterocycles. The molecule has 160 valence electrons. The van der Waals surface area contributed by atoms with Crippen LogP contribution in [0.3, 0.4) is 0 Å². The molecule has 1 aromatic heterocycles. The van der Waals surface area contributed by atoms with Crippen molar-refractivity contribution in [2.75, 3.05) is 18.0 Å². The second-order valence-electron chi connectivity index (χ2n) is 7.61. The van der Waals surface area contributed by atoms with E-state index in [0.717, 1.165) is 42.3 Å². The average Bonchev–Trinajstić information content (AvgIpc) is 3.23. The minimum atomic E-state index is -0.0350. The Labute approximate surface area is 182 Å². The van der Waals surface area contributed by atoms with Crippen LogP contribution in [0, 0.1) is 0 Å². The summed E-state index contributed by atoms with van der Waals surface area (Å²) in [4.78, 5) is 21.7. The molecule has 0 spiro atoms. The van der Waals surface area contributed by atoms with Crippen molar-refractivity contribution in [1.82, 2.24) is 15.3 Å². The summed E-state index contributed by atoms with van der Waals surface area (Å²) in [7, 11) is 0. The standard InChI is InChI=1S/C24H26N4O3/c1-17(27-18(2)29)19-3-7-21(8-4-19)30-23-11-14-28(16-23)20-5-9-22(10-6-20)31-24-15-25-12-13-26-24/h3-10,12-13,15,17,23H,11,14,16H2,1-2H3,(H,27,29)/t17-,23?/m0/s1. The summed E-state index contributed by atoms with van der Waals surface area (Å²) in [6, 6.07) is 15.9. The molecule has 4 rings (SSSR count). The van der Waals surface area contributed by atoms with Crippen molar-refractivity contribution in [3.05, 3.63) is 72.7 Å². The predicted octanol–water partition coefficient (Wildman–Crippen LogP) is 4.12. The van der Waals surface area contributed by atoms with Gasteiger partial charge in [-0.1, -0.05) is 12.1 Å². The van der Waals surface area contributed by atoms with E-state index >= 15 is 0 Å². The van der Waals surface area contributed by atoms with Crippen molar-refractivity contribution in [2.24, 2.45) is 0 Å². The largest absolute Gasteiger partial charge is 0.489 e. The minimum absolute atomic E-state index is 0.0191. The Morgan fingerprint density at radius 1 is 1.10 bits per heavy atom. The molecule has 7 heteroatoms. The van der Waals surface area contributed by atoms with Gasteiger partial charge in [-0.2, -0.15) is 0 Å². The minimum Gasteiger partial charge on any atom is -0.489 e. The Kier molecular flexibility index (Phi) is 6.31. The number of carbonyl (C=O) groups excluding carboxylic acids is 1. The molecule has 31 heavy (non-hydrogen) atoms. The lowest BCUT2D eigenvalue weighted by atomic mass is 10.1. The summed E-state index contributed by atoms with van der Waals surface area (Å²) in [5, 5.41) is 2.89. The molecule has 0 saturated carbocycles. The van der Waals surface area contributed by atoms with Gasteiger partial charge in [-0.15, -0.1) is 0 Å². The second kappa shape index (κ2) is 9.47. The summed E-state index contributed by atoms with van der Waals surface area (Å²) in [6.45, 7) is 5.26. The molecule has 0 aliphatic carbocycles. The average molecular weight is 418 g/mol. The van der Waals surface area contributed by atoms with Crippen molar-refractivity contribution >= 4 is 11.6 Å². The lowest BCUT2D eigenvalue weighted by Crippen LogP contribution is -2.24. The molecule has 1 amide bonds. The van der Waals surface area contributed by atoms with Gasteiger partial charge in [0.25, 0.3) is 0 Å². The van der Waals surface area contributed by atoms with E-state index in [-0.39, 0.29) is 18.1 Å². The second-order valence-corrected chi connectivity index (χ2v) is 7.61. The van der Waals surface area contributed by atoms with Crippen LogP contribution in [0.2, 0.25) is 0 Å². The molecule has 1 saturated heterocycles. The quantitative estimate of drug-likeness (QED) is 0.622. The van der Waals surface area contributed by atoms with Gasteiger partial charge in [0.1, 0.15) is 17.6 Å². The Morgan fingerprint density at radius 2 is 1.84 bits per heavy atom. The fourth-order valence-electron chi connectivity index (χ4n) is 3.66. The van der Waals surface area contributed by atoms with E-state index in [1.54, 1.807) is 18.6 Å². The monoisotopic (exact) mass is 418 g/mol. The molecule has 1 aliphatic rings. The fourth-order valence-corrected chi connectivity index (χ4v) is 3.66. The number of anilines is 1. The van der Waals surface area contributed by atoms with Gasteiger partial charge >= 0.3 is 0 Å². The van der Waals surface area contributed by atoms with E-state index in [9.17, 15) is 4.79 Å². The van der Waals surface area contributed by atoms with Gasteiger partial charge in [0.2, 0.25) is 11.8 Å². The van der Waals surface area contributed by atoms with Crippen LogP contribution in [0.5, 0.6) is 17.4 Å². The number of aromatic nitrogens is 2. The Morgan fingerprint density at radius 3 is 2.52 bits per heavy atom. The van der Waals surface area contributed by atoms with E-state index in [4.69, 9.17) is 9.47 Å². The highest BCUT2D eigenvalue weighted by molar-refractivity contribution is 5.73. The highest BCUT2D eigenvalue weighted by Crippen LogP contribution is 2.27. The third-order valence-corrected chi connectivity index (χ3v) is 5.21. The van der Waals surface area contributed by atoms with Gasteiger partial charge in [0, 0.05) is 38.0 Å². The first-order valence-corrected chi connectivity index (χ1v) is 10.4. The zero-order chi connectivity index (χ0) is 21.6. The lowest BCUT2D eigenvalue weighted by Gasteiger charge is -2.20. The number of carbonyl (C=O) groups is 1. The van der Waals surface area contributed by atoms with Gasteiger partial charge in [0.15, 0.2) is 0 Å². The lowest BCUT2D eigenvalue weighted by molar-refractivity contribution is -0.119. The molecule has 1 aliphatic heterocycles. The molecular formula is C24H26N4O3. The van der Waals surface area contributed by atoms with E-state index in [0.29, 0.717) is 5.88 Å². The Bertz CT molecular complexity index is 994. The number of benzene rings is 2. The zero-order valence-electron chi connectivity index (χ0n) is 17.7. The molecule has 2 aromatic carbocycles. The first kappa shape index (κ1) is 20.7. The van der Waals surface area contributed by atoms with Crippen LogP contribution >= 0.6 is 0 Å². The summed E-state index contributed by atoms with van der Waals surface area (Å²) in [6.07, 6.45) is 5.90. The molecule has 0 radical (unpaired) electrons. The van der Waals surface area contributed by atoms with Crippen molar-refractivity contribution in [3.63, 3.8) is 0 Å². The van der Waals surface area contributed by atoms with E-state index < -0.39 is 0 Å². The summed E-state index contributed by atoms with van der Waals surface area (Å²) >= 11 is 0. The molecule has 0 bridgehead atoms. The van der Waals surface area contributed by atoms with Crippen molar-refractivity contribution in [3.8, 4) is 17.4 Å². The van der Waals surface area contributed by atoms with Crippen LogP contribution in [0.25, 0.3) is 0 Å². The maximum absolute atomic E-state index is 11.2. The smallest absolute Gasteiger partial charge is 0.237 e. The number of nitrogens with one attached hydrogen (secondary N) is 1. The number of hydrogen-bond acceptors (Lipinski definition) is 6. The third kappa shape index (κ3) is 5.51. The number of nitrogens with zero attached hydrogens (tertiary/aromatic N) is 3. The molecule has 7 nitrogen and oxygen atoms in total. The van der Waals surface area contributed by atoms with Crippen LogP contribution < -0.4 is 19.7 Å². The maximum atomic E-state index is 11.2. The summed E-state index contributed by atoms with van der Waals surface area (Å²) in [5.74, 6) is 2.01. The number of ether oxygens (including phenoxy) is 2. The third-order valence-electron chi connectivity index (χ3n) is 5.21. The highest BCUT2D eigenvalue weighted by atomic mass is 16.5. The van der Waals surface area contributed by atoms with Crippen LogP contribution in [0.1, 0.15) is 31.9 Å². The molecule has 1 unspecified atom stereocenters. The summed E-state index contributed by atoms with van der Waals surface area (Å²) < 4.78 is 11.9. The van der Waals surface area contributed by atoms with Gasteiger partial charge in [-0.3, -0.25) is 9.78 Å². The van der Waals surface area contributed by atoms with E-state index in [1.807, 2.05) is 55.5 Å². The van der Waals surface area contributed by atoms with Gasteiger partial charge in [-0.25, -0.2) is 4.98 Å². The van der Waals surface area contributed by atoms with Gasteiger partial charge < -0.3 is 19.7 Å². The van der Waals surface area contributed by atoms with Gasteiger partial charge in [0.05, 0.1) is 18.8 Å². The topological polar surface area (TPSA) is 76.6 Å². The van der Waals surface area contributed by atoms with Crippen LogP contribution in [-0.4, -0.2) is 35.1 Å². The van der Waals surface area contributed by atoms with E-state index in [1.165, 1.54) is 6.92 Å². The van der Waals surface area contributed by atoms with Crippen LogP contribution in [0.4, 0.5) is 5.69 Å². The Hall–Kier alpha value is -3.61. The SMILES string of the molecule is CC(=O)N[C@@H](C)c1ccc(OC2CCN(c3ccc(Oc4cnccn4)cc3)C2)cc1. The van der Waals surface area contributed by atoms with Gasteiger partial charge in [-0.05, 0) is 48.9 Å². The number of rotatable bonds is 7. The normalized spacial score (nSPS) is 16.6. The van der Waals surface area contributed by atoms with Crippen molar-refractivity contribution in [1.29, 1.82) is 0 Å². The van der Waals surface area contributed by atoms with E-state index in [2.05, 4.69) is 20.2 Å². The highest BCUT2D eigenvalue weighted by Gasteiger charge is 2.24. The molecular weight excluding hydrogens is 392 g/mol. The van der Waals surface area contributed by atoms with Crippen molar-refractivity contribution in [2.45, 2.75) is 32.4 Å². The van der Waals surface area contributed by atoms with Crippen LogP contribution in [-0.2, 0) is 4.79 Å². The molecule has 3 aromatic rings. The fraction of sp³-hybridized carbons (Fsp3) is 0.292. The predicted molar refractivity (Wildman–Crippen MR) is 118 cm³/mol. The maximum Gasteiger partial charge on any atom is 0.237 e. The zero-order valence-corrected chi connectivity index (χ0v) is 17.7. The van der Waals surface area contributed by atoms with Crippen molar-refractivity contribution < 1.29 is 14.3 Å². The molecule has 1 fully saturated rings. The Balaban J connectivity index is 1.30. The summed E-state index contributed by atoms with van der Waals surface area (Å²) in [5.41, 5.74) is 2.19. The molecule has 2 atom stereocenters. The number of hydrogen-bond donors (Lipinski definition) is 1. The first-order chi connectivity index (χ1) is 15.1. The molecule has 1 N–H and O–H groups in total. The first-order valence-electron chi connectivity index (χ1n) is 10.4. The number of amides is 1.